The molecule has 1 saturated heterocycles. The first kappa shape index (κ1) is 14.1. The van der Waals surface area contributed by atoms with Crippen LogP contribution in [0.3, 0.4) is 0 Å². The van der Waals surface area contributed by atoms with E-state index in [1.807, 2.05) is 31.8 Å². The number of ether oxygens (including phenoxy) is 1. The molecule has 122 valence electrons. The number of fused-ring (bicyclic) bond motifs is 2. The zero-order valence-corrected chi connectivity index (χ0v) is 14.4. The summed E-state index contributed by atoms with van der Waals surface area (Å²) >= 11 is 6.57. The molecular formula is C17H21ClN4O. The molecule has 0 N–H and O–H groups in total. The molecule has 0 spiro atoms. The van der Waals surface area contributed by atoms with Crippen LogP contribution < -0.4 is 4.90 Å². The van der Waals surface area contributed by atoms with Gasteiger partial charge in [-0.05, 0) is 37.5 Å². The lowest BCUT2D eigenvalue weighted by molar-refractivity contribution is 0.0446. The average molecular weight is 333 g/mol. The number of hydrogen-bond acceptors (Lipinski definition) is 4. The maximum atomic E-state index is 6.57. The van der Waals surface area contributed by atoms with Gasteiger partial charge in [0.15, 0.2) is 5.65 Å². The van der Waals surface area contributed by atoms with Crippen molar-refractivity contribution >= 4 is 28.5 Å². The van der Waals surface area contributed by atoms with Gasteiger partial charge in [-0.25, -0.2) is 4.98 Å². The van der Waals surface area contributed by atoms with Gasteiger partial charge in [-0.15, -0.1) is 0 Å². The largest absolute Gasteiger partial charge is 0.379 e. The molecule has 3 aliphatic rings. The third-order valence-corrected chi connectivity index (χ3v) is 6.59. The van der Waals surface area contributed by atoms with Crippen LogP contribution in [0.4, 0.5) is 5.82 Å². The summed E-state index contributed by atoms with van der Waals surface area (Å²) in [7, 11) is 3.78. The number of aromatic nitrogens is 3. The van der Waals surface area contributed by atoms with Crippen LogP contribution in [0, 0.1) is 24.7 Å². The van der Waals surface area contributed by atoms with Crippen LogP contribution in [0.15, 0.2) is 6.07 Å². The summed E-state index contributed by atoms with van der Waals surface area (Å²) < 4.78 is 7.68. The molecular weight excluding hydrogens is 312 g/mol. The molecule has 5 nitrogen and oxygen atoms in total. The van der Waals surface area contributed by atoms with Crippen molar-refractivity contribution in [3.8, 4) is 0 Å². The Labute approximate surface area is 140 Å². The third-order valence-electron chi connectivity index (χ3n) is 6.29. The Kier molecular flexibility index (Phi) is 2.81. The number of pyridine rings is 1. The maximum Gasteiger partial charge on any atom is 0.161 e. The highest BCUT2D eigenvalue weighted by molar-refractivity contribution is 6.35. The van der Waals surface area contributed by atoms with Gasteiger partial charge in [0.05, 0.1) is 28.2 Å². The number of rotatable bonds is 2. The predicted molar refractivity (Wildman–Crippen MR) is 89.9 cm³/mol. The summed E-state index contributed by atoms with van der Waals surface area (Å²) in [6, 6.07) is 2.47. The summed E-state index contributed by atoms with van der Waals surface area (Å²) in [5.74, 6) is 3.26. The number of hydrogen-bond donors (Lipinski definition) is 0. The van der Waals surface area contributed by atoms with Crippen molar-refractivity contribution < 1.29 is 4.74 Å². The number of anilines is 1. The number of aryl methyl sites for hydroxylation is 2. The molecule has 2 aromatic heterocycles. The van der Waals surface area contributed by atoms with E-state index < -0.39 is 0 Å². The smallest absolute Gasteiger partial charge is 0.161 e. The summed E-state index contributed by atoms with van der Waals surface area (Å²) in [5, 5.41) is 6.18. The van der Waals surface area contributed by atoms with E-state index in [-0.39, 0.29) is 0 Å². The first-order chi connectivity index (χ1) is 11.1. The first-order valence-electron chi connectivity index (χ1n) is 8.37. The molecule has 3 heterocycles. The predicted octanol–water partition coefficient (Wildman–Crippen LogP) is 2.79. The minimum absolute atomic E-state index is 0.336. The highest BCUT2D eigenvalue weighted by atomic mass is 35.5. The van der Waals surface area contributed by atoms with E-state index in [1.54, 1.807) is 0 Å². The molecule has 5 rings (SSSR count). The van der Waals surface area contributed by atoms with Crippen LogP contribution in [0.5, 0.6) is 0 Å². The zero-order valence-electron chi connectivity index (χ0n) is 13.7. The van der Waals surface area contributed by atoms with Crippen LogP contribution >= 0.6 is 11.6 Å². The molecule has 2 aromatic rings. The molecule has 0 amide bonds. The van der Waals surface area contributed by atoms with Gasteiger partial charge in [0.25, 0.3) is 0 Å². The minimum atomic E-state index is 0.336. The fourth-order valence-electron chi connectivity index (χ4n) is 5.51. The summed E-state index contributed by atoms with van der Waals surface area (Å²) in [5.41, 5.74) is 1.80. The van der Waals surface area contributed by atoms with Crippen molar-refractivity contribution in [2.45, 2.75) is 31.9 Å². The minimum Gasteiger partial charge on any atom is -0.379 e. The van der Waals surface area contributed by atoms with E-state index >= 15 is 0 Å². The van der Waals surface area contributed by atoms with E-state index in [2.05, 4.69) is 10.00 Å². The SMILES string of the molecule is COC1C2CC3CN(c4cc(Cl)c5c(C)nn(C)c5n4)C1C3C2. The average Bonchev–Trinajstić information content (AvgIpc) is 3.18. The lowest BCUT2D eigenvalue weighted by Crippen LogP contribution is -2.42. The fourth-order valence-corrected chi connectivity index (χ4v) is 5.83. The van der Waals surface area contributed by atoms with Gasteiger partial charge < -0.3 is 9.64 Å². The quantitative estimate of drug-likeness (QED) is 0.848. The third kappa shape index (κ3) is 1.72. The van der Waals surface area contributed by atoms with Crippen molar-refractivity contribution in [2.24, 2.45) is 24.8 Å². The molecule has 1 aliphatic heterocycles. The molecule has 5 unspecified atom stereocenters. The van der Waals surface area contributed by atoms with Crippen molar-refractivity contribution in [3.05, 3.63) is 16.8 Å². The molecule has 5 atom stereocenters. The summed E-state index contributed by atoms with van der Waals surface area (Å²) in [6.45, 7) is 3.06. The number of nitrogens with zero attached hydrogens (tertiary/aromatic N) is 4. The lowest BCUT2D eigenvalue weighted by atomic mass is 9.88. The van der Waals surface area contributed by atoms with Crippen molar-refractivity contribution in [1.29, 1.82) is 0 Å². The first-order valence-corrected chi connectivity index (χ1v) is 8.75. The summed E-state index contributed by atoms with van der Waals surface area (Å²) in [4.78, 5) is 7.36. The highest BCUT2D eigenvalue weighted by Gasteiger charge is 2.59. The monoisotopic (exact) mass is 332 g/mol. The molecule has 2 saturated carbocycles. The molecule has 6 heteroatoms. The molecule has 2 aliphatic carbocycles. The van der Waals surface area contributed by atoms with E-state index in [9.17, 15) is 0 Å². The summed E-state index contributed by atoms with van der Waals surface area (Å²) in [6.07, 6.45) is 2.95. The standard InChI is InChI=1S/C17H21ClN4O/c1-8-14-12(18)6-13(19-17(14)21(2)20-8)22-7-10-4-9-5-11(10)15(22)16(9)23-3/h6,9-11,15-16H,4-5,7H2,1-3H3. The highest BCUT2D eigenvalue weighted by Crippen LogP contribution is 2.56. The van der Waals surface area contributed by atoms with E-state index in [0.29, 0.717) is 12.1 Å². The topological polar surface area (TPSA) is 43.2 Å². The van der Waals surface area contributed by atoms with E-state index in [0.717, 1.165) is 51.9 Å². The second-order valence-electron chi connectivity index (χ2n) is 7.37. The van der Waals surface area contributed by atoms with Crippen LogP contribution in [-0.4, -0.2) is 40.6 Å². The van der Waals surface area contributed by atoms with Gasteiger partial charge in [-0.3, -0.25) is 4.68 Å². The Morgan fingerprint density at radius 1 is 1.30 bits per heavy atom. The van der Waals surface area contributed by atoms with Gasteiger partial charge in [0, 0.05) is 26.8 Å². The zero-order chi connectivity index (χ0) is 15.9. The second-order valence-corrected chi connectivity index (χ2v) is 7.78. The van der Waals surface area contributed by atoms with Crippen LogP contribution in [-0.2, 0) is 11.8 Å². The molecule has 3 fully saturated rings. The Bertz CT molecular complexity index is 801. The van der Waals surface area contributed by atoms with Gasteiger partial charge in [0.2, 0.25) is 0 Å². The molecule has 0 radical (unpaired) electrons. The van der Waals surface area contributed by atoms with Crippen molar-refractivity contribution in [3.63, 3.8) is 0 Å². The normalized spacial score (nSPS) is 35.0. The Hall–Kier alpha value is -1.33. The fraction of sp³-hybridized carbons (Fsp3) is 0.647. The van der Waals surface area contributed by atoms with Gasteiger partial charge in [-0.2, -0.15) is 5.10 Å². The van der Waals surface area contributed by atoms with Crippen LogP contribution in [0.25, 0.3) is 11.0 Å². The number of halogens is 1. The van der Waals surface area contributed by atoms with Gasteiger partial charge in [-0.1, -0.05) is 11.6 Å². The Morgan fingerprint density at radius 2 is 2.13 bits per heavy atom. The Morgan fingerprint density at radius 3 is 2.91 bits per heavy atom. The Balaban J connectivity index is 1.62. The molecule has 2 bridgehead atoms. The van der Waals surface area contributed by atoms with Crippen molar-refractivity contribution in [1.82, 2.24) is 14.8 Å². The molecule has 23 heavy (non-hydrogen) atoms. The maximum absolute atomic E-state index is 6.57. The van der Waals surface area contributed by atoms with Gasteiger partial charge in [0.1, 0.15) is 5.82 Å². The van der Waals surface area contributed by atoms with Crippen LogP contribution in [0.1, 0.15) is 18.5 Å². The van der Waals surface area contributed by atoms with Gasteiger partial charge >= 0.3 is 0 Å². The van der Waals surface area contributed by atoms with Crippen molar-refractivity contribution in [2.75, 3.05) is 18.6 Å². The lowest BCUT2D eigenvalue weighted by Gasteiger charge is -2.32. The second kappa shape index (κ2) is 4.61. The number of methoxy groups -OCH3 is 1. The molecule has 0 aromatic carbocycles. The van der Waals surface area contributed by atoms with E-state index in [1.165, 1.54) is 12.8 Å². The van der Waals surface area contributed by atoms with E-state index in [4.69, 9.17) is 21.3 Å². The van der Waals surface area contributed by atoms with Crippen LogP contribution in [0.2, 0.25) is 5.02 Å².